The molecule has 2 heterocycles. The molecule has 4 nitrogen and oxygen atoms in total. The molecule has 0 N–H and O–H groups in total. The molecule has 0 fully saturated rings. The van der Waals surface area contributed by atoms with Crippen LogP contribution in [0.3, 0.4) is 0 Å². The van der Waals surface area contributed by atoms with E-state index in [0.717, 1.165) is 49.7 Å². The van der Waals surface area contributed by atoms with Gasteiger partial charge in [0.05, 0.1) is 0 Å². The molecule has 7 aromatic rings. The molecule has 2 aromatic heterocycles. The normalized spacial score (nSPS) is 11.2. The molecule has 0 aliphatic heterocycles. The first-order chi connectivity index (χ1) is 18.3. The highest BCUT2D eigenvalue weighted by molar-refractivity contribution is 6.17. The van der Waals surface area contributed by atoms with E-state index in [1.54, 1.807) is 12.4 Å². The third kappa shape index (κ3) is 3.76. The second-order valence-electron chi connectivity index (χ2n) is 8.93. The van der Waals surface area contributed by atoms with Gasteiger partial charge < -0.3 is 4.74 Å². The highest BCUT2D eigenvalue weighted by Gasteiger charge is 2.17. The lowest BCUT2D eigenvalue weighted by molar-refractivity contribution is 0.494. The van der Waals surface area contributed by atoms with Crippen molar-refractivity contribution < 1.29 is 4.74 Å². The number of aromatic nitrogens is 3. The molecule has 0 bridgehead atoms. The average molecular weight is 476 g/mol. The Morgan fingerprint density at radius 2 is 1.22 bits per heavy atom. The van der Waals surface area contributed by atoms with Gasteiger partial charge in [-0.1, -0.05) is 60.7 Å². The van der Waals surface area contributed by atoms with Crippen molar-refractivity contribution in [3.63, 3.8) is 0 Å². The molecule has 0 atom stereocenters. The van der Waals surface area contributed by atoms with Crippen LogP contribution in [0.25, 0.3) is 54.8 Å². The summed E-state index contributed by atoms with van der Waals surface area (Å²) in [5.41, 5.74) is 3.26. The van der Waals surface area contributed by atoms with E-state index in [0.29, 0.717) is 5.82 Å². The Balaban J connectivity index is 1.41. The van der Waals surface area contributed by atoms with E-state index in [1.165, 1.54) is 10.8 Å². The van der Waals surface area contributed by atoms with Gasteiger partial charge in [-0.15, -0.1) is 0 Å². The van der Waals surface area contributed by atoms with Crippen molar-refractivity contribution in [2.45, 2.75) is 0 Å². The maximum Gasteiger partial charge on any atom is 0.159 e. The predicted molar refractivity (Wildman–Crippen MR) is 150 cm³/mol. The zero-order valence-corrected chi connectivity index (χ0v) is 19.9. The minimum atomic E-state index is 0.691. The summed E-state index contributed by atoms with van der Waals surface area (Å²) in [4.78, 5) is 13.2. The molecular formula is C33H21N3O. The van der Waals surface area contributed by atoms with Crippen molar-refractivity contribution >= 4 is 32.3 Å². The van der Waals surface area contributed by atoms with Crippen LogP contribution in [0.1, 0.15) is 0 Å². The third-order valence-corrected chi connectivity index (χ3v) is 6.71. The van der Waals surface area contributed by atoms with Crippen LogP contribution in [0.15, 0.2) is 128 Å². The highest BCUT2D eigenvalue weighted by atomic mass is 16.5. The number of pyridine rings is 1. The lowest BCUT2D eigenvalue weighted by atomic mass is 9.91. The van der Waals surface area contributed by atoms with Crippen molar-refractivity contribution in [2.75, 3.05) is 0 Å². The number of hydrogen-bond acceptors (Lipinski definition) is 4. The van der Waals surface area contributed by atoms with E-state index >= 15 is 0 Å². The molecule has 0 spiro atoms. The molecule has 7 rings (SSSR count). The molecule has 0 radical (unpaired) electrons. The number of nitrogens with zero attached hydrogens (tertiary/aromatic N) is 3. The number of fused-ring (bicyclic) bond motifs is 3. The van der Waals surface area contributed by atoms with Gasteiger partial charge in [-0.25, -0.2) is 9.97 Å². The predicted octanol–water partition coefficient (Wildman–Crippen LogP) is 8.46. The van der Waals surface area contributed by atoms with Crippen molar-refractivity contribution in [2.24, 2.45) is 0 Å². The average Bonchev–Trinajstić information content (AvgIpc) is 2.98. The summed E-state index contributed by atoms with van der Waals surface area (Å²) in [7, 11) is 0. The molecule has 5 aromatic carbocycles. The molecule has 0 amide bonds. The van der Waals surface area contributed by atoms with Crippen LogP contribution in [0.2, 0.25) is 0 Å². The summed E-state index contributed by atoms with van der Waals surface area (Å²) in [5.74, 6) is 2.26. The fourth-order valence-corrected chi connectivity index (χ4v) is 4.98. The van der Waals surface area contributed by atoms with Crippen LogP contribution in [0, 0.1) is 0 Å². The lowest BCUT2D eigenvalue weighted by Crippen LogP contribution is -1.93. The van der Waals surface area contributed by atoms with Gasteiger partial charge in [0.25, 0.3) is 0 Å². The minimum absolute atomic E-state index is 0.691. The van der Waals surface area contributed by atoms with Crippen LogP contribution in [0.5, 0.6) is 11.5 Å². The lowest BCUT2D eigenvalue weighted by Gasteiger charge is -2.17. The van der Waals surface area contributed by atoms with Gasteiger partial charge in [-0.3, -0.25) is 4.98 Å². The monoisotopic (exact) mass is 475 g/mol. The van der Waals surface area contributed by atoms with Gasteiger partial charge in [-0.05, 0) is 69.8 Å². The molecular weight excluding hydrogens is 454 g/mol. The zero-order valence-electron chi connectivity index (χ0n) is 19.9. The first-order valence-corrected chi connectivity index (χ1v) is 12.2. The fourth-order valence-electron chi connectivity index (χ4n) is 4.98. The highest BCUT2D eigenvalue weighted by Crippen LogP contribution is 2.44. The Hall–Kier alpha value is -5.09. The van der Waals surface area contributed by atoms with Gasteiger partial charge in [0.2, 0.25) is 0 Å². The van der Waals surface area contributed by atoms with Crippen LogP contribution < -0.4 is 4.74 Å². The molecule has 0 saturated carbocycles. The molecule has 174 valence electrons. The molecule has 37 heavy (non-hydrogen) atoms. The maximum absolute atomic E-state index is 6.59. The summed E-state index contributed by atoms with van der Waals surface area (Å²) >= 11 is 0. The quantitative estimate of drug-likeness (QED) is 0.240. The number of benzene rings is 5. The summed E-state index contributed by atoms with van der Waals surface area (Å²) < 4.78 is 6.59. The van der Waals surface area contributed by atoms with Crippen LogP contribution >= 0.6 is 0 Å². The number of hydrogen-bond donors (Lipinski definition) is 0. The second kappa shape index (κ2) is 8.85. The van der Waals surface area contributed by atoms with Gasteiger partial charge in [0.15, 0.2) is 5.82 Å². The molecule has 0 aliphatic carbocycles. The van der Waals surface area contributed by atoms with Gasteiger partial charge >= 0.3 is 0 Å². The van der Waals surface area contributed by atoms with Crippen molar-refractivity contribution in [3.05, 3.63) is 128 Å². The topological polar surface area (TPSA) is 47.9 Å². The third-order valence-electron chi connectivity index (χ3n) is 6.71. The second-order valence-corrected chi connectivity index (χ2v) is 8.93. The number of rotatable bonds is 4. The van der Waals surface area contributed by atoms with Gasteiger partial charge in [0, 0.05) is 46.5 Å². The van der Waals surface area contributed by atoms with E-state index in [1.807, 2.05) is 48.8 Å². The van der Waals surface area contributed by atoms with Crippen molar-refractivity contribution in [1.29, 1.82) is 0 Å². The van der Waals surface area contributed by atoms with E-state index in [-0.39, 0.29) is 0 Å². The Labute approximate surface area is 213 Å². The number of ether oxygens (including phenoxy) is 1. The smallest absolute Gasteiger partial charge is 0.159 e. The summed E-state index contributed by atoms with van der Waals surface area (Å²) in [5, 5.41) is 6.70. The SMILES string of the molecule is c1cnc(-c2ccc(Oc3c4ccccc4c(-c4ccc5ccccc5c4)c4cnccc34)cc2)nc1. The van der Waals surface area contributed by atoms with E-state index < -0.39 is 0 Å². The van der Waals surface area contributed by atoms with Crippen molar-refractivity contribution in [1.82, 2.24) is 15.0 Å². The molecule has 0 saturated heterocycles. The summed E-state index contributed by atoms with van der Waals surface area (Å²) in [6.45, 7) is 0. The summed E-state index contributed by atoms with van der Waals surface area (Å²) in [6.07, 6.45) is 7.26. The van der Waals surface area contributed by atoms with Gasteiger partial charge in [0.1, 0.15) is 11.5 Å². The van der Waals surface area contributed by atoms with Crippen LogP contribution in [0.4, 0.5) is 0 Å². The van der Waals surface area contributed by atoms with Crippen LogP contribution in [-0.2, 0) is 0 Å². The van der Waals surface area contributed by atoms with E-state index in [4.69, 9.17) is 4.74 Å². The summed E-state index contributed by atoms with van der Waals surface area (Å²) in [6, 6.07) is 35.3. The van der Waals surface area contributed by atoms with Crippen molar-refractivity contribution in [3.8, 4) is 34.0 Å². The minimum Gasteiger partial charge on any atom is -0.456 e. The first kappa shape index (κ1) is 21.2. The standard InChI is InChI=1S/C33H21N3O/c1-2-7-24-20-25(11-10-22(24)6-1)31-27-8-3-4-9-28(27)32(29-16-19-34-21-30(29)31)37-26-14-12-23(13-15-26)33-35-17-5-18-36-33/h1-21H. The Kier molecular flexibility index (Phi) is 5.07. The van der Waals surface area contributed by atoms with E-state index in [2.05, 4.69) is 81.7 Å². The molecule has 0 unspecified atom stereocenters. The Morgan fingerprint density at radius 1 is 0.514 bits per heavy atom. The maximum atomic E-state index is 6.59. The van der Waals surface area contributed by atoms with Crippen LogP contribution in [-0.4, -0.2) is 15.0 Å². The van der Waals surface area contributed by atoms with Gasteiger partial charge in [-0.2, -0.15) is 0 Å². The Morgan fingerprint density at radius 3 is 2.05 bits per heavy atom. The fraction of sp³-hybridized carbons (Fsp3) is 0. The molecule has 4 heteroatoms. The Bertz CT molecular complexity index is 1840. The zero-order chi connectivity index (χ0) is 24.6. The largest absolute Gasteiger partial charge is 0.456 e. The van der Waals surface area contributed by atoms with E-state index in [9.17, 15) is 0 Å². The molecule has 0 aliphatic rings. The first-order valence-electron chi connectivity index (χ1n) is 12.2.